The predicted molar refractivity (Wildman–Crippen MR) is 98.5 cm³/mol. The second-order valence-corrected chi connectivity index (χ2v) is 7.04. The summed E-state index contributed by atoms with van der Waals surface area (Å²) >= 11 is 0. The number of hydrogen-bond donors (Lipinski definition) is 3. The molecule has 0 heterocycles. The molecule has 26 heavy (non-hydrogen) atoms. The summed E-state index contributed by atoms with van der Waals surface area (Å²) in [6.45, 7) is 1.74. The molecule has 142 valence electrons. The summed E-state index contributed by atoms with van der Waals surface area (Å²) in [7, 11) is 0. The van der Waals surface area contributed by atoms with Crippen LogP contribution >= 0.6 is 0 Å². The van der Waals surface area contributed by atoms with Gasteiger partial charge >= 0.3 is 5.97 Å². The van der Waals surface area contributed by atoms with Crippen LogP contribution in [0.5, 0.6) is 0 Å². The van der Waals surface area contributed by atoms with Crippen molar-refractivity contribution in [2.24, 2.45) is 5.92 Å². The molecule has 0 spiro atoms. The van der Waals surface area contributed by atoms with Crippen LogP contribution in [-0.4, -0.2) is 29.4 Å². The highest BCUT2D eigenvalue weighted by Gasteiger charge is 2.20. The molecule has 3 N–H and O–H groups in total. The maximum absolute atomic E-state index is 12.2. The van der Waals surface area contributed by atoms with Gasteiger partial charge in [-0.05, 0) is 30.4 Å². The lowest BCUT2D eigenvalue weighted by atomic mass is 9.99. The van der Waals surface area contributed by atoms with Gasteiger partial charge in [0.2, 0.25) is 11.8 Å². The number of rotatable bonds is 9. The van der Waals surface area contributed by atoms with Gasteiger partial charge in [0.25, 0.3) is 0 Å². The van der Waals surface area contributed by atoms with E-state index in [-0.39, 0.29) is 24.8 Å². The lowest BCUT2D eigenvalue weighted by Crippen LogP contribution is -2.39. The second kappa shape index (κ2) is 9.94. The molecular formula is C20H28N2O4. The van der Waals surface area contributed by atoms with Crippen LogP contribution in [0.3, 0.4) is 0 Å². The standard InChI is InChI=1S/C20H28N2O4/c1-14-6-2-5-9-16(14)17(12-20(25)26)22-19(24)13-21-18(23)11-10-15-7-3-4-8-15/h2,5-6,9,15,17H,3-4,7-8,10-13H2,1H3,(H,21,23)(H,22,24)(H,25,26). The minimum Gasteiger partial charge on any atom is -0.481 e. The van der Waals surface area contributed by atoms with Crippen molar-refractivity contribution in [2.75, 3.05) is 6.54 Å². The van der Waals surface area contributed by atoms with Crippen LogP contribution in [0.4, 0.5) is 0 Å². The van der Waals surface area contributed by atoms with Crippen molar-refractivity contribution >= 4 is 17.8 Å². The Labute approximate surface area is 154 Å². The number of aliphatic carboxylic acids is 1. The minimum atomic E-state index is -0.987. The van der Waals surface area contributed by atoms with E-state index in [0.29, 0.717) is 12.3 Å². The molecule has 6 nitrogen and oxygen atoms in total. The Kier molecular flexibility index (Phi) is 7.63. The van der Waals surface area contributed by atoms with Crippen molar-refractivity contribution in [3.8, 4) is 0 Å². The monoisotopic (exact) mass is 360 g/mol. The van der Waals surface area contributed by atoms with Crippen molar-refractivity contribution in [1.29, 1.82) is 0 Å². The highest BCUT2D eigenvalue weighted by atomic mass is 16.4. The first-order valence-electron chi connectivity index (χ1n) is 9.29. The summed E-state index contributed by atoms with van der Waals surface area (Å²) in [4.78, 5) is 35.2. The van der Waals surface area contributed by atoms with Crippen molar-refractivity contribution in [2.45, 2.75) is 57.9 Å². The quantitative estimate of drug-likeness (QED) is 0.631. The van der Waals surface area contributed by atoms with Gasteiger partial charge in [0.15, 0.2) is 0 Å². The number of nitrogens with one attached hydrogen (secondary N) is 2. The number of carboxylic acids is 1. The average Bonchev–Trinajstić information content (AvgIpc) is 3.11. The molecule has 2 amide bonds. The number of carbonyl (C=O) groups is 3. The first-order chi connectivity index (χ1) is 12.5. The lowest BCUT2D eigenvalue weighted by molar-refractivity contribution is -0.138. The zero-order chi connectivity index (χ0) is 18.9. The first-order valence-corrected chi connectivity index (χ1v) is 9.29. The maximum Gasteiger partial charge on any atom is 0.305 e. The molecule has 1 unspecified atom stereocenters. The fourth-order valence-electron chi connectivity index (χ4n) is 3.54. The molecular weight excluding hydrogens is 332 g/mol. The van der Waals surface area contributed by atoms with Crippen molar-refractivity contribution in [3.63, 3.8) is 0 Å². The fraction of sp³-hybridized carbons (Fsp3) is 0.550. The zero-order valence-electron chi connectivity index (χ0n) is 15.3. The van der Waals surface area contributed by atoms with Crippen LogP contribution in [0.25, 0.3) is 0 Å². The van der Waals surface area contributed by atoms with Gasteiger partial charge in [-0.25, -0.2) is 0 Å². The molecule has 1 fully saturated rings. The topological polar surface area (TPSA) is 95.5 Å². The van der Waals surface area contributed by atoms with Gasteiger partial charge in [0.05, 0.1) is 19.0 Å². The molecule has 1 aliphatic rings. The van der Waals surface area contributed by atoms with Gasteiger partial charge in [-0.1, -0.05) is 49.9 Å². The molecule has 1 aromatic carbocycles. The molecule has 6 heteroatoms. The second-order valence-electron chi connectivity index (χ2n) is 7.04. The molecule has 1 aromatic rings. The molecule has 0 radical (unpaired) electrons. The number of hydrogen-bond acceptors (Lipinski definition) is 3. The summed E-state index contributed by atoms with van der Waals surface area (Å²) in [5, 5.41) is 14.5. The SMILES string of the molecule is Cc1ccccc1C(CC(=O)O)NC(=O)CNC(=O)CCC1CCCC1. The summed E-state index contributed by atoms with van der Waals surface area (Å²) in [5.74, 6) is -0.860. The van der Waals surface area contributed by atoms with Crippen LogP contribution in [0, 0.1) is 12.8 Å². The van der Waals surface area contributed by atoms with Crippen LogP contribution in [0.15, 0.2) is 24.3 Å². The normalized spacial score (nSPS) is 15.4. The lowest BCUT2D eigenvalue weighted by Gasteiger charge is -2.19. The van der Waals surface area contributed by atoms with Crippen LogP contribution in [0.2, 0.25) is 0 Å². The van der Waals surface area contributed by atoms with Crippen LogP contribution < -0.4 is 10.6 Å². The summed E-state index contributed by atoms with van der Waals surface area (Å²) in [5.41, 5.74) is 1.69. The van der Waals surface area contributed by atoms with E-state index in [1.54, 1.807) is 0 Å². The molecule has 1 aliphatic carbocycles. The van der Waals surface area contributed by atoms with Gasteiger partial charge in [0.1, 0.15) is 0 Å². The van der Waals surface area contributed by atoms with Gasteiger partial charge in [0, 0.05) is 6.42 Å². The van der Waals surface area contributed by atoms with E-state index in [2.05, 4.69) is 10.6 Å². The Morgan fingerprint density at radius 3 is 2.50 bits per heavy atom. The Bertz CT molecular complexity index is 638. The average molecular weight is 360 g/mol. The third-order valence-corrected chi connectivity index (χ3v) is 4.98. The van der Waals surface area contributed by atoms with Crippen LogP contribution in [-0.2, 0) is 14.4 Å². The van der Waals surface area contributed by atoms with Gasteiger partial charge in [-0.3, -0.25) is 14.4 Å². The number of benzene rings is 1. The molecule has 0 saturated heterocycles. The van der Waals surface area contributed by atoms with E-state index in [1.165, 1.54) is 25.7 Å². The Morgan fingerprint density at radius 1 is 1.15 bits per heavy atom. The van der Waals surface area contributed by atoms with Gasteiger partial charge in [-0.2, -0.15) is 0 Å². The summed E-state index contributed by atoms with van der Waals surface area (Å²) in [6.07, 6.45) is 6.00. The molecule has 1 saturated carbocycles. The Morgan fingerprint density at radius 2 is 1.85 bits per heavy atom. The minimum absolute atomic E-state index is 0.127. The van der Waals surface area contributed by atoms with E-state index in [1.807, 2.05) is 31.2 Å². The van der Waals surface area contributed by atoms with E-state index in [4.69, 9.17) is 5.11 Å². The molecule has 0 aromatic heterocycles. The van der Waals surface area contributed by atoms with Crippen LogP contribution in [0.1, 0.15) is 62.1 Å². The Hall–Kier alpha value is -2.37. The number of carbonyl (C=O) groups excluding carboxylic acids is 2. The Balaban J connectivity index is 1.81. The van der Waals surface area contributed by atoms with Crippen molar-refractivity contribution < 1.29 is 19.5 Å². The third-order valence-electron chi connectivity index (χ3n) is 4.98. The number of amides is 2. The van der Waals surface area contributed by atoms with Crippen molar-refractivity contribution in [1.82, 2.24) is 10.6 Å². The fourth-order valence-corrected chi connectivity index (χ4v) is 3.54. The number of aryl methyl sites for hydroxylation is 1. The first kappa shape index (κ1) is 19.9. The summed E-state index contributed by atoms with van der Waals surface area (Å²) in [6, 6.07) is 6.75. The van der Waals surface area contributed by atoms with E-state index in [9.17, 15) is 14.4 Å². The highest BCUT2D eigenvalue weighted by Crippen LogP contribution is 2.28. The summed E-state index contributed by atoms with van der Waals surface area (Å²) < 4.78 is 0. The van der Waals surface area contributed by atoms with E-state index >= 15 is 0 Å². The zero-order valence-corrected chi connectivity index (χ0v) is 15.3. The molecule has 0 bridgehead atoms. The van der Waals surface area contributed by atoms with Crippen molar-refractivity contribution in [3.05, 3.63) is 35.4 Å². The highest BCUT2D eigenvalue weighted by molar-refractivity contribution is 5.85. The van der Waals surface area contributed by atoms with E-state index in [0.717, 1.165) is 17.5 Å². The number of carboxylic acid groups (broad SMARTS) is 1. The maximum atomic E-state index is 12.2. The third kappa shape index (κ3) is 6.50. The molecule has 2 rings (SSSR count). The molecule has 0 aliphatic heterocycles. The molecule has 1 atom stereocenters. The largest absolute Gasteiger partial charge is 0.481 e. The predicted octanol–water partition coefficient (Wildman–Crippen LogP) is 2.71. The van der Waals surface area contributed by atoms with Gasteiger partial charge < -0.3 is 15.7 Å². The van der Waals surface area contributed by atoms with Gasteiger partial charge in [-0.15, -0.1) is 0 Å². The van der Waals surface area contributed by atoms with E-state index < -0.39 is 12.0 Å². The smallest absolute Gasteiger partial charge is 0.305 e.